The van der Waals surface area contributed by atoms with Gasteiger partial charge in [-0.3, -0.25) is 0 Å². The van der Waals surface area contributed by atoms with E-state index < -0.39 is 0 Å². The number of ether oxygens (including phenoxy) is 5. The Balaban J connectivity index is 2.07. The van der Waals surface area contributed by atoms with Crippen molar-refractivity contribution < 1.29 is 23.7 Å². The fourth-order valence-corrected chi connectivity index (χ4v) is 1.22. The van der Waals surface area contributed by atoms with E-state index in [9.17, 15) is 0 Å². The van der Waals surface area contributed by atoms with E-state index >= 15 is 0 Å². The third-order valence-electron chi connectivity index (χ3n) is 2.08. The Kier molecular flexibility index (Phi) is 10.3. The maximum Gasteiger partial charge on any atom is 0.0704 e. The molecule has 1 aliphatic heterocycles. The van der Waals surface area contributed by atoms with Crippen molar-refractivity contribution in [1.82, 2.24) is 0 Å². The average Bonchev–Trinajstić information content (AvgIpc) is 2.35. The summed E-state index contributed by atoms with van der Waals surface area (Å²) >= 11 is 0. The van der Waals surface area contributed by atoms with Crippen LogP contribution in [0.25, 0.3) is 0 Å². The van der Waals surface area contributed by atoms with Gasteiger partial charge in [0.2, 0.25) is 0 Å². The highest BCUT2D eigenvalue weighted by molar-refractivity contribution is 4.81. The molecule has 100 valence electrons. The standard InChI is InChI=1S/C12H22O5/c1-2-4-14-6-8-16-10-12-17-11-9-15-7-5-13-3-1/h1-2H,3-12H2. The SMILES string of the molecule is C1=CCOCCOCCOCCOCCOC1. The molecule has 1 heterocycles. The Labute approximate surface area is 103 Å². The van der Waals surface area contributed by atoms with Crippen LogP contribution in [0.15, 0.2) is 12.2 Å². The van der Waals surface area contributed by atoms with Gasteiger partial charge in [0.05, 0.1) is 66.1 Å². The summed E-state index contributed by atoms with van der Waals surface area (Å²) in [4.78, 5) is 0. The summed E-state index contributed by atoms with van der Waals surface area (Å²) in [6.45, 7) is 6.00. The molecule has 0 bridgehead atoms. The largest absolute Gasteiger partial charge is 0.377 e. The van der Waals surface area contributed by atoms with E-state index in [-0.39, 0.29) is 0 Å². The molecular weight excluding hydrogens is 224 g/mol. The van der Waals surface area contributed by atoms with Crippen LogP contribution in [0.3, 0.4) is 0 Å². The van der Waals surface area contributed by atoms with E-state index in [0.29, 0.717) is 66.1 Å². The summed E-state index contributed by atoms with van der Waals surface area (Å²) in [5.41, 5.74) is 0. The second-order valence-electron chi connectivity index (χ2n) is 3.46. The van der Waals surface area contributed by atoms with Crippen LogP contribution in [-0.2, 0) is 23.7 Å². The Morgan fingerprint density at radius 3 is 1.06 bits per heavy atom. The van der Waals surface area contributed by atoms with Gasteiger partial charge >= 0.3 is 0 Å². The second-order valence-corrected chi connectivity index (χ2v) is 3.46. The molecule has 0 radical (unpaired) electrons. The minimum absolute atomic E-state index is 0.597. The molecular formula is C12H22O5. The van der Waals surface area contributed by atoms with Crippen LogP contribution < -0.4 is 0 Å². The van der Waals surface area contributed by atoms with Gasteiger partial charge < -0.3 is 23.7 Å². The molecule has 0 unspecified atom stereocenters. The van der Waals surface area contributed by atoms with E-state index in [1.165, 1.54) is 0 Å². The minimum atomic E-state index is 0.597. The molecule has 0 aromatic carbocycles. The van der Waals surface area contributed by atoms with Gasteiger partial charge in [-0.2, -0.15) is 0 Å². The monoisotopic (exact) mass is 246 g/mol. The minimum Gasteiger partial charge on any atom is -0.377 e. The summed E-state index contributed by atoms with van der Waals surface area (Å²) < 4.78 is 26.6. The highest BCUT2D eigenvalue weighted by Crippen LogP contribution is 1.86. The molecule has 0 aliphatic carbocycles. The molecule has 0 N–H and O–H groups in total. The number of hydrogen-bond acceptors (Lipinski definition) is 5. The summed E-state index contributed by atoms with van der Waals surface area (Å²) in [6, 6.07) is 0. The second kappa shape index (κ2) is 12.0. The van der Waals surface area contributed by atoms with Crippen LogP contribution in [-0.4, -0.2) is 66.1 Å². The highest BCUT2D eigenvalue weighted by atomic mass is 16.6. The molecule has 1 aliphatic rings. The smallest absolute Gasteiger partial charge is 0.0704 e. The quantitative estimate of drug-likeness (QED) is 0.587. The molecule has 0 fully saturated rings. The number of hydrogen-bond donors (Lipinski definition) is 0. The first-order valence-corrected chi connectivity index (χ1v) is 6.04. The third kappa shape index (κ3) is 10.4. The fraction of sp³-hybridized carbons (Fsp3) is 0.833. The molecule has 17 heavy (non-hydrogen) atoms. The molecule has 0 aromatic rings. The van der Waals surface area contributed by atoms with E-state index in [1.807, 2.05) is 12.2 Å². The average molecular weight is 246 g/mol. The molecule has 1 rings (SSSR count). The molecule has 0 saturated heterocycles. The summed E-state index contributed by atoms with van der Waals surface area (Å²) in [5, 5.41) is 0. The lowest BCUT2D eigenvalue weighted by atomic mass is 10.5. The number of rotatable bonds is 0. The highest BCUT2D eigenvalue weighted by Gasteiger charge is 1.93. The van der Waals surface area contributed by atoms with Gasteiger partial charge in [0.15, 0.2) is 0 Å². The molecule has 0 aromatic heterocycles. The van der Waals surface area contributed by atoms with Crippen LogP contribution in [0.4, 0.5) is 0 Å². The zero-order valence-electron chi connectivity index (χ0n) is 10.3. The van der Waals surface area contributed by atoms with Gasteiger partial charge in [-0.15, -0.1) is 0 Å². The predicted molar refractivity (Wildman–Crippen MR) is 63.2 cm³/mol. The van der Waals surface area contributed by atoms with Crippen LogP contribution in [0.5, 0.6) is 0 Å². The van der Waals surface area contributed by atoms with Gasteiger partial charge in [-0.1, -0.05) is 12.2 Å². The summed E-state index contributed by atoms with van der Waals surface area (Å²) in [5.74, 6) is 0. The predicted octanol–water partition coefficient (Wildman–Crippen LogP) is 0.639. The van der Waals surface area contributed by atoms with Crippen molar-refractivity contribution in [2.75, 3.05) is 66.1 Å². The van der Waals surface area contributed by atoms with Crippen molar-refractivity contribution in [3.05, 3.63) is 12.2 Å². The Morgan fingerprint density at radius 2 is 0.706 bits per heavy atom. The Bertz CT molecular complexity index is 166. The van der Waals surface area contributed by atoms with Crippen LogP contribution in [0.1, 0.15) is 0 Å². The summed E-state index contributed by atoms with van der Waals surface area (Å²) in [6.07, 6.45) is 3.89. The lowest BCUT2D eigenvalue weighted by Crippen LogP contribution is -2.12. The van der Waals surface area contributed by atoms with Crippen molar-refractivity contribution in [2.24, 2.45) is 0 Å². The summed E-state index contributed by atoms with van der Waals surface area (Å²) in [7, 11) is 0. The van der Waals surface area contributed by atoms with Gasteiger partial charge in [-0.25, -0.2) is 0 Å². The lowest BCUT2D eigenvalue weighted by molar-refractivity contribution is -0.00665. The van der Waals surface area contributed by atoms with Crippen LogP contribution in [0, 0.1) is 0 Å². The van der Waals surface area contributed by atoms with Gasteiger partial charge in [0.1, 0.15) is 0 Å². The van der Waals surface area contributed by atoms with Crippen molar-refractivity contribution in [3.8, 4) is 0 Å². The zero-order chi connectivity index (χ0) is 12.0. The van der Waals surface area contributed by atoms with Crippen molar-refractivity contribution >= 4 is 0 Å². The van der Waals surface area contributed by atoms with Gasteiger partial charge in [0, 0.05) is 0 Å². The molecule has 0 saturated carbocycles. The normalized spacial score (nSPS) is 23.1. The Hall–Kier alpha value is -0.460. The topological polar surface area (TPSA) is 46.2 Å². The maximum atomic E-state index is 5.33. The van der Waals surface area contributed by atoms with E-state index in [4.69, 9.17) is 23.7 Å². The molecule has 5 heteroatoms. The fourth-order valence-electron chi connectivity index (χ4n) is 1.22. The first kappa shape index (κ1) is 14.6. The first-order chi connectivity index (χ1) is 8.50. The maximum absolute atomic E-state index is 5.33. The molecule has 0 atom stereocenters. The molecule has 5 nitrogen and oxygen atoms in total. The first-order valence-electron chi connectivity index (χ1n) is 6.04. The van der Waals surface area contributed by atoms with E-state index in [2.05, 4.69) is 0 Å². The van der Waals surface area contributed by atoms with E-state index in [0.717, 1.165) is 0 Å². The van der Waals surface area contributed by atoms with Crippen molar-refractivity contribution in [3.63, 3.8) is 0 Å². The van der Waals surface area contributed by atoms with Gasteiger partial charge in [0.25, 0.3) is 0 Å². The van der Waals surface area contributed by atoms with Crippen molar-refractivity contribution in [1.29, 1.82) is 0 Å². The van der Waals surface area contributed by atoms with Crippen LogP contribution in [0.2, 0.25) is 0 Å². The Morgan fingerprint density at radius 1 is 0.412 bits per heavy atom. The third-order valence-corrected chi connectivity index (χ3v) is 2.08. The van der Waals surface area contributed by atoms with E-state index in [1.54, 1.807) is 0 Å². The molecule has 0 amide bonds. The molecule has 0 spiro atoms. The lowest BCUT2D eigenvalue weighted by Gasteiger charge is -2.06. The van der Waals surface area contributed by atoms with Crippen LogP contribution >= 0.6 is 0 Å². The van der Waals surface area contributed by atoms with Crippen molar-refractivity contribution in [2.45, 2.75) is 0 Å². The van der Waals surface area contributed by atoms with Gasteiger partial charge in [-0.05, 0) is 0 Å². The zero-order valence-corrected chi connectivity index (χ0v) is 10.3.